The standard InChI is InChI=1S/C20H26ClF2N5/c1-24-20(27(3)13-17-8-15(21)12-26(17)2)25-10-14-6-7-28(11-14)16-4-5-18(22)19(23)9-16/h4-5,8-9,12,14H,6-7,10-11,13H2,1-3H3,(H,24,25). The molecule has 3 rings (SSSR count). The molecule has 0 amide bonds. The minimum Gasteiger partial charge on any atom is -0.371 e. The highest BCUT2D eigenvalue weighted by Crippen LogP contribution is 2.25. The number of hydrogen-bond donors (Lipinski definition) is 1. The van der Waals surface area contributed by atoms with Crippen LogP contribution in [0.25, 0.3) is 0 Å². The van der Waals surface area contributed by atoms with E-state index < -0.39 is 11.6 Å². The van der Waals surface area contributed by atoms with Crippen LogP contribution in [0.1, 0.15) is 12.1 Å². The first-order valence-electron chi connectivity index (χ1n) is 9.30. The molecule has 0 saturated carbocycles. The van der Waals surface area contributed by atoms with Gasteiger partial charge in [-0.25, -0.2) is 8.78 Å². The molecule has 1 unspecified atom stereocenters. The lowest BCUT2D eigenvalue weighted by atomic mass is 10.1. The van der Waals surface area contributed by atoms with Crippen LogP contribution in [-0.4, -0.2) is 49.2 Å². The number of aromatic nitrogens is 1. The van der Waals surface area contributed by atoms with Gasteiger partial charge in [0.05, 0.1) is 11.6 Å². The molecule has 0 spiro atoms. The largest absolute Gasteiger partial charge is 0.371 e. The van der Waals surface area contributed by atoms with Crippen molar-refractivity contribution in [3.05, 3.63) is 52.8 Å². The van der Waals surface area contributed by atoms with Crippen LogP contribution in [0, 0.1) is 17.6 Å². The Hall–Kier alpha value is -2.28. The molecule has 0 radical (unpaired) electrons. The van der Waals surface area contributed by atoms with Crippen molar-refractivity contribution in [2.75, 3.05) is 38.6 Å². The zero-order valence-corrected chi connectivity index (χ0v) is 17.2. The number of aryl methyl sites for hydroxylation is 1. The SMILES string of the molecule is CN=C(NCC1CCN(c2ccc(F)c(F)c2)C1)N(C)Cc1cc(Cl)cn1C. The number of halogens is 3. The second kappa shape index (κ2) is 8.82. The molecule has 5 nitrogen and oxygen atoms in total. The second-order valence-electron chi connectivity index (χ2n) is 7.24. The van der Waals surface area contributed by atoms with Crippen LogP contribution in [0.2, 0.25) is 5.02 Å². The predicted octanol–water partition coefficient (Wildman–Crippen LogP) is 3.49. The minimum atomic E-state index is -0.812. The van der Waals surface area contributed by atoms with Crippen molar-refractivity contribution in [2.45, 2.75) is 13.0 Å². The van der Waals surface area contributed by atoms with Crippen LogP contribution >= 0.6 is 11.6 Å². The average molecular weight is 410 g/mol. The molecule has 1 aliphatic heterocycles. The number of guanidine groups is 1. The molecule has 1 aromatic carbocycles. The first-order valence-corrected chi connectivity index (χ1v) is 9.67. The van der Waals surface area contributed by atoms with Crippen molar-refractivity contribution < 1.29 is 8.78 Å². The fourth-order valence-electron chi connectivity index (χ4n) is 3.58. The first kappa shape index (κ1) is 20.5. The van der Waals surface area contributed by atoms with E-state index in [2.05, 4.69) is 15.2 Å². The first-order chi connectivity index (χ1) is 13.4. The summed E-state index contributed by atoms with van der Waals surface area (Å²) < 4.78 is 28.6. The Balaban J connectivity index is 1.52. The van der Waals surface area contributed by atoms with Crippen molar-refractivity contribution in [2.24, 2.45) is 18.0 Å². The number of nitrogens with one attached hydrogen (secondary N) is 1. The third-order valence-electron chi connectivity index (χ3n) is 5.15. The predicted molar refractivity (Wildman–Crippen MR) is 110 cm³/mol. The van der Waals surface area contributed by atoms with Crippen LogP contribution in [0.5, 0.6) is 0 Å². The number of anilines is 1. The van der Waals surface area contributed by atoms with E-state index in [0.717, 1.165) is 48.4 Å². The van der Waals surface area contributed by atoms with Crippen molar-refractivity contribution in [1.29, 1.82) is 0 Å². The molecule has 8 heteroatoms. The molecule has 0 bridgehead atoms. The van der Waals surface area contributed by atoms with Crippen LogP contribution in [0.3, 0.4) is 0 Å². The maximum Gasteiger partial charge on any atom is 0.193 e. The Kier molecular flexibility index (Phi) is 6.44. The van der Waals surface area contributed by atoms with Gasteiger partial charge in [-0.2, -0.15) is 0 Å². The van der Waals surface area contributed by atoms with E-state index in [9.17, 15) is 8.78 Å². The molecule has 1 aromatic heterocycles. The summed E-state index contributed by atoms with van der Waals surface area (Å²) in [4.78, 5) is 8.50. The van der Waals surface area contributed by atoms with Crippen LogP contribution in [0.15, 0.2) is 35.5 Å². The molecule has 1 atom stereocenters. The number of benzene rings is 1. The number of nitrogens with zero attached hydrogens (tertiary/aromatic N) is 4. The summed E-state index contributed by atoms with van der Waals surface area (Å²) in [7, 11) is 5.72. The van der Waals surface area contributed by atoms with Gasteiger partial charge in [0.15, 0.2) is 17.6 Å². The molecule has 28 heavy (non-hydrogen) atoms. The van der Waals surface area contributed by atoms with E-state index in [-0.39, 0.29) is 0 Å². The van der Waals surface area contributed by atoms with Gasteiger partial charge in [0.1, 0.15) is 0 Å². The Labute approximate surface area is 169 Å². The van der Waals surface area contributed by atoms with E-state index >= 15 is 0 Å². The van der Waals surface area contributed by atoms with Crippen molar-refractivity contribution >= 4 is 23.2 Å². The van der Waals surface area contributed by atoms with Crippen LogP contribution in [-0.2, 0) is 13.6 Å². The topological polar surface area (TPSA) is 35.8 Å². The zero-order valence-electron chi connectivity index (χ0n) is 16.4. The van der Waals surface area contributed by atoms with E-state index in [0.29, 0.717) is 12.5 Å². The molecular formula is C20H26ClF2N5. The monoisotopic (exact) mass is 409 g/mol. The molecule has 1 fully saturated rings. The maximum atomic E-state index is 13.5. The van der Waals surface area contributed by atoms with Gasteiger partial charge in [-0.15, -0.1) is 0 Å². The Bertz CT molecular complexity index is 851. The summed E-state index contributed by atoms with van der Waals surface area (Å²) in [6, 6.07) is 6.03. The highest BCUT2D eigenvalue weighted by Gasteiger charge is 2.24. The summed E-state index contributed by atoms with van der Waals surface area (Å²) in [6.07, 6.45) is 2.87. The van der Waals surface area contributed by atoms with Crippen molar-refractivity contribution in [3.8, 4) is 0 Å². The number of hydrogen-bond acceptors (Lipinski definition) is 2. The fourth-order valence-corrected chi connectivity index (χ4v) is 3.85. The van der Waals surface area contributed by atoms with Gasteiger partial charge >= 0.3 is 0 Å². The highest BCUT2D eigenvalue weighted by atomic mass is 35.5. The molecule has 2 aromatic rings. The Morgan fingerprint density at radius 2 is 2.11 bits per heavy atom. The number of aliphatic imine (C=N–C) groups is 1. The van der Waals surface area contributed by atoms with Gasteiger partial charge in [-0.05, 0) is 30.5 Å². The summed E-state index contributed by atoms with van der Waals surface area (Å²) >= 11 is 6.06. The van der Waals surface area contributed by atoms with Crippen molar-refractivity contribution in [3.63, 3.8) is 0 Å². The Morgan fingerprint density at radius 1 is 1.32 bits per heavy atom. The molecule has 1 N–H and O–H groups in total. The quantitative estimate of drug-likeness (QED) is 0.606. The van der Waals surface area contributed by atoms with E-state index in [4.69, 9.17) is 11.6 Å². The third-order valence-corrected chi connectivity index (χ3v) is 5.36. The van der Waals surface area contributed by atoms with E-state index in [1.54, 1.807) is 13.1 Å². The van der Waals surface area contributed by atoms with Gasteiger partial charge in [0.25, 0.3) is 0 Å². The second-order valence-corrected chi connectivity index (χ2v) is 7.68. The normalized spacial score (nSPS) is 17.3. The van der Waals surface area contributed by atoms with Gasteiger partial charge in [-0.3, -0.25) is 4.99 Å². The summed E-state index contributed by atoms with van der Waals surface area (Å²) in [5, 5.41) is 4.14. The molecule has 1 saturated heterocycles. The van der Waals surface area contributed by atoms with Gasteiger partial charge < -0.3 is 19.7 Å². The Morgan fingerprint density at radius 3 is 2.75 bits per heavy atom. The fraction of sp³-hybridized carbons (Fsp3) is 0.450. The highest BCUT2D eigenvalue weighted by molar-refractivity contribution is 6.30. The van der Waals surface area contributed by atoms with Crippen LogP contribution in [0.4, 0.5) is 14.5 Å². The molecule has 2 heterocycles. The molecular weight excluding hydrogens is 384 g/mol. The smallest absolute Gasteiger partial charge is 0.193 e. The molecule has 1 aliphatic rings. The summed E-state index contributed by atoms with van der Waals surface area (Å²) in [5.41, 5.74) is 1.82. The van der Waals surface area contributed by atoms with Crippen LogP contribution < -0.4 is 10.2 Å². The zero-order chi connectivity index (χ0) is 20.3. The third kappa shape index (κ3) is 4.76. The average Bonchev–Trinajstić information content (AvgIpc) is 3.24. The minimum absolute atomic E-state index is 0.405. The van der Waals surface area contributed by atoms with Gasteiger partial charge in [0.2, 0.25) is 0 Å². The van der Waals surface area contributed by atoms with Crippen molar-refractivity contribution in [1.82, 2.24) is 14.8 Å². The number of rotatable bonds is 5. The lowest BCUT2D eigenvalue weighted by Crippen LogP contribution is -2.41. The van der Waals surface area contributed by atoms with E-state index in [1.807, 2.05) is 35.8 Å². The van der Waals surface area contributed by atoms with E-state index in [1.165, 1.54) is 12.1 Å². The van der Waals surface area contributed by atoms with Gasteiger partial charge in [-0.1, -0.05) is 11.6 Å². The molecule has 152 valence electrons. The lowest BCUT2D eigenvalue weighted by Gasteiger charge is -2.24. The summed E-state index contributed by atoms with van der Waals surface area (Å²) in [6.45, 7) is 3.08. The summed E-state index contributed by atoms with van der Waals surface area (Å²) in [5.74, 6) is -0.402. The maximum absolute atomic E-state index is 13.5. The van der Waals surface area contributed by atoms with Gasteiger partial charge in [0, 0.05) is 64.4 Å². The lowest BCUT2D eigenvalue weighted by molar-refractivity contribution is 0.450. The molecule has 0 aliphatic carbocycles.